The van der Waals surface area contributed by atoms with E-state index >= 15 is 0 Å². The van der Waals surface area contributed by atoms with E-state index in [0.717, 1.165) is 0 Å². The maximum Gasteiger partial charge on any atom is 0.323 e. The number of fused-ring (bicyclic) bond motifs is 1. The lowest BCUT2D eigenvalue weighted by molar-refractivity contribution is 0.00330. The average molecular weight is 366 g/mol. The molecule has 6 aliphatic heterocycles. The summed E-state index contributed by atoms with van der Waals surface area (Å²) >= 11 is 0. The second-order valence-corrected chi connectivity index (χ2v) is 7.91. The molecule has 0 aromatic carbocycles. The molecule has 142 valence electrons. The summed E-state index contributed by atoms with van der Waals surface area (Å²) in [7, 11) is 0. The molecule has 0 saturated carbocycles. The van der Waals surface area contributed by atoms with E-state index in [1.165, 1.54) is 0 Å². The minimum Gasteiger partial charge on any atom is -0.373 e. The molecule has 6 aliphatic rings. The first-order chi connectivity index (χ1) is 12.6. The van der Waals surface area contributed by atoms with Crippen molar-refractivity contribution in [2.45, 2.75) is 42.7 Å². The summed E-state index contributed by atoms with van der Waals surface area (Å²) in [6.45, 7) is 4.11. The smallest absolute Gasteiger partial charge is 0.323 e. The molecule has 6 heterocycles. The lowest BCUT2D eigenvalue weighted by atomic mass is 9.98. The minimum absolute atomic E-state index is 0.0449. The average Bonchev–Trinajstić information content (AvgIpc) is 3.44. The summed E-state index contributed by atoms with van der Waals surface area (Å²) in [5.74, 6) is 0. The van der Waals surface area contributed by atoms with Gasteiger partial charge in [-0.25, -0.2) is 9.59 Å². The molecule has 6 saturated heterocycles. The third kappa shape index (κ3) is 2.39. The van der Waals surface area contributed by atoms with Gasteiger partial charge in [0.05, 0.1) is 70.5 Å². The summed E-state index contributed by atoms with van der Waals surface area (Å²) in [5.41, 5.74) is -0.762. The molecule has 0 bridgehead atoms. The number of hydrogen-bond acceptors (Lipinski definition) is 6. The Morgan fingerprint density at radius 2 is 1.38 bits per heavy atom. The molecule has 4 amide bonds. The van der Waals surface area contributed by atoms with Crippen LogP contribution in [-0.2, 0) is 18.9 Å². The molecule has 10 heteroatoms. The van der Waals surface area contributed by atoms with Crippen LogP contribution in [0, 0.1) is 0 Å². The van der Waals surface area contributed by atoms with Gasteiger partial charge in [0.1, 0.15) is 6.17 Å². The van der Waals surface area contributed by atoms with Crippen LogP contribution in [0.3, 0.4) is 0 Å². The Bertz CT molecular complexity index is 647. The molecular formula is C16H22N4O6. The number of carbonyl (C=O) groups excluding carboxylic acids is 2. The van der Waals surface area contributed by atoms with Crippen LogP contribution >= 0.6 is 0 Å². The Morgan fingerprint density at radius 1 is 0.846 bits per heavy atom. The number of ether oxygens (including phenoxy) is 4. The van der Waals surface area contributed by atoms with E-state index in [-0.39, 0.29) is 36.5 Å². The van der Waals surface area contributed by atoms with Crippen molar-refractivity contribution in [2.24, 2.45) is 0 Å². The first-order valence-electron chi connectivity index (χ1n) is 9.28. The fraction of sp³-hybridized carbons (Fsp3) is 0.875. The van der Waals surface area contributed by atoms with Gasteiger partial charge in [0.15, 0.2) is 5.66 Å². The van der Waals surface area contributed by atoms with Crippen LogP contribution in [0.1, 0.15) is 6.42 Å². The number of carbonyl (C=O) groups is 2. The number of rotatable bonds is 8. The maximum atomic E-state index is 13.3. The lowest BCUT2D eigenvalue weighted by Gasteiger charge is -2.42. The van der Waals surface area contributed by atoms with E-state index in [1.54, 1.807) is 9.80 Å². The molecule has 10 nitrogen and oxygen atoms in total. The van der Waals surface area contributed by atoms with E-state index < -0.39 is 11.8 Å². The van der Waals surface area contributed by atoms with Crippen molar-refractivity contribution in [3.63, 3.8) is 0 Å². The van der Waals surface area contributed by atoms with Crippen molar-refractivity contribution in [2.75, 3.05) is 46.1 Å². The van der Waals surface area contributed by atoms with Gasteiger partial charge in [-0.2, -0.15) is 0 Å². The molecule has 6 unspecified atom stereocenters. The van der Waals surface area contributed by atoms with Gasteiger partial charge < -0.3 is 24.3 Å². The number of hydrogen-bond donors (Lipinski definition) is 1. The van der Waals surface area contributed by atoms with Crippen LogP contribution in [0.4, 0.5) is 9.59 Å². The zero-order valence-electron chi connectivity index (χ0n) is 14.3. The summed E-state index contributed by atoms with van der Waals surface area (Å²) in [5, 5.41) is 3.05. The first-order valence-corrected chi connectivity index (χ1v) is 9.28. The molecule has 26 heavy (non-hydrogen) atoms. The number of nitrogens with one attached hydrogen (secondary N) is 1. The predicted molar refractivity (Wildman–Crippen MR) is 84.1 cm³/mol. The second kappa shape index (κ2) is 5.22. The predicted octanol–water partition coefficient (Wildman–Crippen LogP) is -1.24. The standard InChI is InChI=1S/C16H22N4O6/c21-14-17-13-16(1-9-5-23-9,19(14)3-11-7-25-11)20(4-12-8-26-12)15(22)18(13)2-10-6-24-10/h9-13H,1-8H2,(H,17,21). The Labute approximate surface area is 150 Å². The van der Waals surface area contributed by atoms with E-state index in [1.807, 2.05) is 4.90 Å². The molecule has 6 fully saturated rings. The molecule has 0 radical (unpaired) electrons. The summed E-state index contributed by atoms with van der Waals surface area (Å²) < 4.78 is 21.6. The topological polar surface area (TPSA) is 106 Å². The van der Waals surface area contributed by atoms with E-state index in [4.69, 9.17) is 18.9 Å². The van der Waals surface area contributed by atoms with Gasteiger partial charge in [0.25, 0.3) is 0 Å². The van der Waals surface area contributed by atoms with Crippen molar-refractivity contribution in [1.29, 1.82) is 0 Å². The number of epoxide rings is 4. The Kier molecular flexibility index (Phi) is 3.10. The minimum atomic E-state index is -0.762. The maximum absolute atomic E-state index is 13.3. The number of amides is 4. The van der Waals surface area contributed by atoms with Crippen molar-refractivity contribution < 1.29 is 28.5 Å². The van der Waals surface area contributed by atoms with Crippen molar-refractivity contribution in [3.8, 4) is 0 Å². The van der Waals surface area contributed by atoms with Gasteiger partial charge in [-0.3, -0.25) is 14.7 Å². The summed E-state index contributed by atoms with van der Waals surface area (Å²) in [6, 6.07) is -0.217. The highest BCUT2D eigenvalue weighted by Crippen LogP contribution is 2.45. The Balaban J connectivity index is 1.39. The van der Waals surface area contributed by atoms with Crippen LogP contribution in [0.2, 0.25) is 0 Å². The number of nitrogens with zero attached hydrogens (tertiary/aromatic N) is 3. The quantitative estimate of drug-likeness (QED) is 0.539. The molecule has 1 N–H and O–H groups in total. The molecule has 0 aliphatic carbocycles. The fourth-order valence-corrected chi connectivity index (χ4v) is 4.35. The molecule has 0 spiro atoms. The fourth-order valence-electron chi connectivity index (χ4n) is 4.35. The SMILES string of the molecule is O=C1NC2N(CC3CO3)C(=O)N(CC3CO3)C2(CC2CO2)N1CC1CO1. The Morgan fingerprint density at radius 3 is 1.96 bits per heavy atom. The van der Waals surface area contributed by atoms with Crippen LogP contribution in [0.25, 0.3) is 0 Å². The third-order valence-electron chi connectivity index (χ3n) is 5.98. The molecule has 0 aromatic heterocycles. The van der Waals surface area contributed by atoms with Gasteiger partial charge in [0.2, 0.25) is 0 Å². The highest BCUT2D eigenvalue weighted by molar-refractivity contribution is 5.87. The molecule has 6 atom stereocenters. The first kappa shape index (κ1) is 15.4. The van der Waals surface area contributed by atoms with Gasteiger partial charge in [-0.05, 0) is 0 Å². The normalized spacial score (nSPS) is 45.1. The highest BCUT2D eigenvalue weighted by atomic mass is 16.6. The summed E-state index contributed by atoms with van der Waals surface area (Å²) in [4.78, 5) is 31.5. The summed E-state index contributed by atoms with van der Waals surface area (Å²) in [6.07, 6.45) is 0.413. The van der Waals surface area contributed by atoms with Gasteiger partial charge in [0, 0.05) is 6.42 Å². The van der Waals surface area contributed by atoms with Crippen LogP contribution in [0.5, 0.6) is 0 Å². The van der Waals surface area contributed by atoms with Crippen molar-refractivity contribution >= 4 is 12.1 Å². The van der Waals surface area contributed by atoms with E-state index in [9.17, 15) is 9.59 Å². The lowest BCUT2D eigenvalue weighted by Crippen LogP contribution is -2.62. The van der Waals surface area contributed by atoms with Crippen molar-refractivity contribution in [3.05, 3.63) is 0 Å². The third-order valence-corrected chi connectivity index (χ3v) is 5.98. The zero-order valence-corrected chi connectivity index (χ0v) is 14.3. The van der Waals surface area contributed by atoms with E-state index in [0.29, 0.717) is 52.5 Å². The van der Waals surface area contributed by atoms with Crippen LogP contribution in [-0.4, -0.2) is 109 Å². The van der Waals surface area contributed by atoms with Gasteiger partial charge in [-0.15, -0.1) is 0 Å². The van der Waals surface area contributed by atoms with Crippen LogP contribution < -0.4 is 5.32 Å². The van der Waals surface area contributed by atoms with E-state index in [2.05, 4.69) is 5.32 Å². The van der Waals surface area contributed by atoms with Gasteiger partial charge in [-0.1, -0.05) is 0 Å². The monoisotopic (exact) mass is 366 g/mol. The Hall–Kier alpha value is -1.62. The van der Waals surface area contributed by atoms with Crippen molar-refractivity contribution in [1.82, 2.24) is 20.0 Å². The highest BCUT2D eigenvalue weighted by Gasteiger charge is 2.68. The van der Waals surface area contributed by atoms with Gasteiger partial charge >= 0.3 is 12.1 Å². The zero-order chi connectivity index (χ0) is 17.5. The molecular weight excluding hydrogens is 344 g/mol. The molecule has 0 aromatic rings. The molecule has 6 rings (SSSR count). The largest absolute Gasteiger partial charge is 0.373 e. The second-order valence-electron chi connectivity index (χ2n) is 7.91. The number of urea groups is 2. The van der Waals surface area contributed by atoms with Crippen LogP contribution in [0.15, 0.2) is 0 Å².